The third kappa shape index (κ3) is 2.18. The average Bonchev–Trinajstić information content (AvgIpc) is 2.27. The van der Waals surface area contributed by atoms with Gasteiger partial charge in [-0.1, -0.05) is 6.42 Å². The number of carboxylic acid groups (broad SMARTS) is 1. The van der Waals surface area contributed by atoms with Crippen LogP contribution in [-0.2, 0) is 4.79 Å². The van der Waals surface area contributed by atoms with Gasteiger partial charge in [0.25, 0.3) is 0 Å². The van der Waals surface area contributed by atoms with Crippen LogP contribution in [0.25, 0.3) is 0 Å². The molecular formula is C11H12N4O2. The Bertz CT molecular complexity index is 477. The van der Waals surface area contributed by atoms with Gasteiger partial charge < -0.3 is 10.4 Å². The van der Waals surface area contributed by atoms with Crippen LogP contribution in [0.15, 0.2) is 12.3 Å². The molecule has 6 heteroatoms. The maximum atomic E-state index is 11.1. The second-order valence-corrected chi connectivity index (χ2v) is 4.17. The van der Waals surface area contributed by atoms with E-state index in [0.29, 0.717) is 25.3 Å². The van der Waals surface area contributed by atoms with E-state index in [1.807, 2.05) is 6.07 Å². The highest BCUT2D eigenvalue weighted by molar-refractivity contribution is 5.76. The standard InChI is InChI=1S/C11H12N4O2/c12-6-8-2-5-13-10(15-8)14-7-11(9(16)17)3-1-4-11/h2,5H,1,3-4,7H2,(H,16,17)(H,13,14,15). The molecule has 0 saturated heterocycles. The Labute approximate surface area is 98.3 Å². The number of nitriles is 1. The van der Waals surface area contributed by atoms with Crippen molar-refractivity contribution in [2.75, 3.05) is 11.9 Å². The monoisotopic (exact) mass is 232 g/mol. The molecule has 0 atom stereocenters. The molecule has 2 rings (SSSR count). The average molecular weight is 232 g/mol. The highest BCUT2D eigenvalue weighted by Gasteiger charge is 2.44. The number of rotatable bonds is 4. The molecule has 0 amide bonds. The first-order chi connectivity index (χ1) is 8.16. The molecule has 1 aromatic heterocycles. The number of anilines is 1. The van der Waals surface area contributed by atoms with Crippen LogP contribution in [0.2, 0.25) is 0 Å². The van der Waals surface area contributed by atoms with Crippen molar-refractivity contribution < 1.29 is 9.90 Å². The van der Waals surface area contributed by atoms with Gasteiger partial charge in [-0.05, 0) is 18.9 Å². The zero-order valence-electron chi connectivity index (χ0n) is 9.18. The summed E-state index contributed by atoms with van der Waals surface area (Å²) in [6.45, 7) is 0.303. The summed E-state index contributed by atoms with van der Waals surface area (Å²) in [5.41, 5.74) is -0.424. The van der Waals surface area contributed by atoms with Gasteiger partial charge in [-0.2, -0.15) is 5.26 Å². The second-order valence-electron chi connectivity index (χ2n) is 4.17. The van der Waals surface area contributed by atoms with E-state index in [1.165, 1.54) is 12.3 Å². The lowest BCUT2D eigenvalue weighted by atomic mass is 9.69. The number of aliphatic carboxylic acids is 1. The van der Waals surface area contributed by atoms with Gasteiger partial charge in [-0.15, -0.1) is 0 Å². The van der Waals surface area contributed by atoms with Crippen molar-refractivity contribution in [2.45, 2.75) is 19.3 Å². The fraction of sp³-hybridized carbons (Fsp3) is 0.455. The third-order valence-corrected chi connectivity index (χ3v) is 3.12. The summed E-state index contributed by atoms with van der Waals surface area (Å²) in [7, 11) is 0. The number of nitrogens with one attached hydrogen (secondary N) is 1. The minimum absolute atomic E-state index is 0.264. The maximum Gasteiger partial charge on any atom is 0.311 e. The van der Waals surface area contributed by atoms with Crippen molar-refractivity contribution in [2.24, 2.45) is 5.41 Å². The van der Waals surface area contributed by atoms with E-state index in [0.717, 1.165) is 6.42 Å². The summed E-state index contributed by atoms with van der Waals surface area (Å²) in [5.74, 6) is -0.482. The van der Waals surface area contributed by atoms with Gasteiger partial charge in [-0.3, -0.25) is 4.79 Å². The quantitative estimate of drug-likeness (QED) is 0.803. The van der Waals surface area contributed by atoms with Gasteiger partial charge in [0, 0.05) is 12.7 Å². The Morgan fingerprint density at radius 1 is 1.65 bits per heavy atom. The Morgan fingerprint density at radius 3 is 2.94 bits per heavy atom. The summed E-state index contributed by atoms with van der Waals surface area (Å²) in [4.78, 5) is 19.0. The lowest BCUT2D eigenvalue weighted by molar-refractivity contribution is -0.153. The fourth-order valence-corrected chi connectivity index (χ4v) is 1.82. The van der Waals surface area contributed by atoms with Crippen molar-refractivity contribution in [1.29, 1.82) is 5.26 Å². The van der Waals surface area contributed by atoms with Crippen LogP contribution in [0.4, 0.5) is 5.95 Å². The summed E-state index contributed by atoms with van der Waals surface area (Å²) in [5, 5.41) is 20.7. The Hall–Kier alpha value is -2.16. The van der Waals surface area contributed by atoms with Gasteiger partial charge in [0.1, 0.15) is 11.8 Å². The van der Waals surface area contributed by atoms with Gasteiger partial charge in [0.05, 0.1) is 5.41 Å². The topological polar surface area (TPSA) is 98.9 Å². The number of hydrogen-bond acceptors (Lipinski definition) is 5. The van der Waals surface area contributed by atoms with E-state index in [4.69, 9.17) is 10.4 Å². The van der Waals surface area contributed by atoms with Crippen LogP contribution >= 0.6 is 0 Å². The molecule has 1 saturated carbocycles. The smallest absolute Gasteiger partial charge is 0.311 e. The van der Waals surface area contributed by atoms with E-state index >= 15 is 0 Å². The number of aromatic nitrogens is 2. The predicted octanol–water partition coefficient (Wildman–Crippen LogP) is 1.02. The number of carboxylic acids is 1. The molecule has 1 aromatic rings. The third-order valence-electron chi connectivity index (χ3n) is 3.12. The SMILES string of the molecule is N#Cc1ccnc(NCC2(C(=O)O)CCC2)n1. The molecule has 17 heavy (non-hydrogen) atoms. The van der Waals surface area contributed by atoms with Crippen molar-refractivity contribution >= 4 is 11.9 Å². The molecule has 1 aliphatic rings. The second kappa shape index (κ2) is 4.37. The van der Waals surface area contributed by atoms with Crippen LogP contribution in [0, 0.1) is 16.7 Å². The summed E-state index contributed by atoms with van der Waals surface area (Å²) in [6.07, 6.45) is 3.76. The Morgan fingerprint density at radius 2 is 2.41 bits per heavy atom. The van der Waals surface area contributed by atoms with Crippen LogP contribution in [0.3, 0.4) is 0 Å². The Balaban J connectivity index is 2.02. The van der Waals surface area contributed by atoms with Gasteiger partial charge in [0.15, 0.2) is 0 Å². The van der Waals surface area contributed by atoms with Crippen LogP contribution in [0.1, 0.15) is 25.0 Å². The van der Waals surface area contributed by atoms with E-state index in [-0.39, 0.29) is 5.69 Å². The largest absolute Gasteiger partial charge is 0.481 e. The molecule has 1 heterocycles. The normalized spacial score (nSPS) is 16.6. The summed E-state index contributed by atoms with van der Waals surface area (Å²) in [6, 6.07) is 3.41. The molecule has 2 N–H and O–H groups in total. The highest BCUT2D eigenvalue weighted by atomic mass is 16.4. The minimum atomic E-state index is -0.785. The van der Waals surface area contributed by atoms with E-state index in [1.54, 1.807) is 0 Å². The minimum Gasteiger partial charge on any atom is -0.481 e. The molecule has 1 aliphatic carbocycles. The molecule has 0 spiro atoms. The van der Waals surface area contributed by atoms with Gasteiger partial charge in [0.2, 0.25) is 5.95 Å². The van der Waals surface area contributed by atoms with Crippen molar-refractivity contribution in [3.63, 3.8) is 0 Å². The summed E-state index contributed by atoms with van der Waals surface area (Å²) < 4.78 is 0. The fourth-order valence-electron chi connectivity index (χ4n) is 1.82. The molecule has 0 radical (unpaired) electrons. The molecule has 0 aromatic carbocycles. The van der Waals surface area contributed by atoms with Crippen molar-refractivity contribution in [3.8, 4) is 6.07 Å². The zero-order valence-corrected chi connectivity index (χ0v) is 9.18. The first-order valence-electron chi connectivity index (χ1n) is 5.37. The molecule has 6 nitrogen and oxygen atoms in total. The van der Waals surface area contributed by atoms with Crippen LogP contribution in [0.5, 0.6) is 0 Å². The molecule has 0 aliphatic heterocycles. The van der Waals surface area contributed by atoms with E-state index in [9.17, 15) is 4.79 Å². The number of nitrogens with zero attached hydrogens (tertiary/aromatic N) is 3. The van der Waals surface area contributed by atoms with E-state index < -0.39 is 11.4 Å². The van der Waals surface area contributed by atoms with Gasteiger partial charge in [-0.25, -0.2) is 9.97 Å². The summed E-state index contributed by atoms with van der Waals surface area (Å²) >= 11 is 0. The predicted molar refractivity (Wildman–Crippen MR) is 59.2 cm³/mol. The highest BCUT2D eigenvalue weighted by Crippen LogP contribution is 2.41. The molecule has 1 fully saturated rings. The van der Waals surface area contributed by atoms with Crippen LogP contribution < -0.4 is 5.32 Å². The first kappa shape index (κ1) is 11.3. The molecular weight excluding hydrogens is 220 g/mol. The molecule has 0 unspecified atom stereocenters. The maximum absolute atomic E-state index is 11.1. The van der Waals surface area contributed by atoms with Crippen molar-refractivity contribution in [1.82, 2.24) is 9.97 Å². The zero-order chi connectivity index (χ0) is 12.3. The number of carbonyl (C=O) groups is 1. The van der Waals surface area contributed by atoms with E-state index in [2.05, 4.69) is 15.3 Å². The lowest BCUT2D eigenvalue weighted by Crippen LogP contribution is -2.43. The molecule has 0 bridgehead atoms. The van der Waals surface area contributed by atoms with Crippen molar-refractivity contribution in [3.05, 3.63) is 18.0 Å². The van der Waals surface area contributed by atoms with Gasteiger partial charge >= 0.3 is 5.97 Å². The number of hydrogen-bond donors (Lipinski definition) is 2. The Kier molecular flexibility index (Phi) is 2.91. The lowest BCUT2D eigenvalue weighted by Gasteiger charge is -2.37. The first-order valence-corrected chi connectivity index (χ1v) is 5.37. The molecule has 88 valence electrons. The van der Waals surface area contributed by atoms with Crippen LogP contribution in [-0.4, -0.2) is 27.6 Å².